The third kappa shape index (κ3) is 38.8. The van der Waals surface area contributed by atoms with E-state index in [0.717, 1.165) is 0 Å². The minimum absolute atomic E-state index is 0.00284. The number of nitrogens with zero attached hydrogens (tertiary/aromatic N) is 4. The molecule has 1 aromatic carbocycles. The number of amides is 14. The lowest BCUT2D eigenvalue weighted by Gasteiger charge is -2.31. The van der Waals surface area contributed by atoms with Gasteiger partial charge in [0.05, 0.1) is 25.5 Å². The number of hydrogen-bond acceptors (Lipinski definition) is 25. The number of thioether (sulfide) groups is 1. The molecule has 131 heavy (non-hydrogen) atoms. The van der Waals surface area contributed by atoms with Gasteiger partial charge < -0.3 is 150 Å². The molecule has 0 spiro atoms. The van der Waals surface area contributed by atoms with E-state index in [0.29, 0.717) is 55.5 Å². The fourth-order valence-corrected chi connectivity index (χ4v) is 15.8. The zero-order valence-corrected chi connectivity index (χ0v) is 75.7. The molecule has 0 radical (unpaired) electrons. The summed E-state index contributed by atoms with van der Waals surface area (Å²) in [5.41, 5.74) is 40.9. The number of guanidine groups is 4. The molecule has 49 heteroatoms. The van der Waals surface area contributed by atoms with E-state index in [2.05, 4.69) is 89.7 Å². The van der Waals surface area contributed by atoms with Gasteiger partial charge in [-0.2, -0.15) is 11.8 Å². The van der Waals surface area contributed by atoms with Crippen LogP contribution >= 0.6 is 11.8 Å². The third-order valence-corrected chi connectivity index (χ3v) is 22.8. The topological polar surface area (TPSA) is 793 Å². The van der Waals surface area contributed by atoms with Crippen LogP contribution in [0.5, 0.6) is 0 Å². The Bertz CT molecular complexity index is 4120. The van der Waals surface area contributed by atoms with Crippen LogP contribution in [-0.2, 0) is 84.8 Å². The van der Waals surface area contributed by atoms with Crippen molar-refractivity contribution in [3.05, 3.63) is 54.1 Å². The Labute approximate surface area is 765 Å². The number of carbonyl (C=O) groups excluding carboxylic acids is 14. The maximum absolute atomic E-state index is 15.1. The highest BCUT2D eigenvalue weighted by molar-refractivity contribution is 7.98. The van der Waals surface area contributed by atoms with E-state index in [4.69, 9.17) is 61.8 Å². The van der Waals surface area contributed by atoms with Crippen LogP contribution in [0.2, 0.25) is 0 Å². The number of carboxylic acid groups (broad SMARTS) is 1. The number of carboxylic acids is 1. The molecule has 4 heterocycles. The summed E-state index contributed by atoms with van der Waals surface area (Å²) >= 11 is 1.41. The fraction of sp³-hybridized carbons (Fsp3) is 0.659. The maximum atomic E-state index is 15.1. The average molecular weight is 1860 g/mol. The molecule has 48 nitrogen and oxygen atoms in total. The van der Waals surface area contributed by atoms with Gasteiger partial charge in [-0.3, -0.25) is 88.8 Å². The summed E-state index contributed by atoms with van der Waals surface area (Å²) in [6, 6.07) is -9.96. The summed E-state index contributed by atoms with van der Waals surface area (Å²) in [5, 5.41) is 91.1. The zero-order valence-electron chi connectivity index (χ0n) is 74.9. The van der Waals surface area contributed by atoms with Gasteiger partial charge in [0.1, 0.15) is 78.5 Å². The van der Waals surface area contributed by atoms with Crippen molar-refractivity contribution in [1.82, 2.24) is 104 Å². The highest BCUT2D eigenvalue weighted by atomic mass is 32.2. The van der Waals surface area contributed by atoms with Gasteiger partial charge in [0.2, 0.25) is 82.7 Å². The molecule has 2 aromatic rings. The number of nitrogens with one attached hydrogen (secondary N) is 20. The molecule has 0 aliphatic carbocycles. The van der Waals surface area contributed by atoms with Crippen LogP contribution in [0.15, 0.2) is 42.9 Å². The molecule has 36 N–H and O–H groups in total. The van der Waals surface area contributed by atoms with Gasteiger partial charge in [-0.05, 0) is 178 Å². The van der Waals surface area contributed by atoms with Gasteiger partial charge >= 0.3 is 5.97 Å². The molecule has 14 atom stereocenters. The van der Waals surface area contributed by atoms with Crippen molar-refractivity contribution in [1.29, 1.82) is 21.6 Å². The number of benzene rings is 1. The SMILES string of the molecule is CSCC[C@H](NC(=O)[C@@H]1CCCN1C(=O)CNC(=O)[C@H](CCCCN)NC(=O)[C@H](Cc1cnc[nH]1)NC(=O)[C@H](CO)NC(=O)[C@H](CC(C)C)NC(=O)[C@H](CCCNC(=N)N)NC(=O)[C@@H]1CCCN1C(=O)[C@H](CCCNC(=N)N)NC(=O)[C@H](CCCCN)NC(=O)[C@H](CCCNC(=N)N)NC(=O)[C@@H](N)CCCNC(=N)N)C(=O)N1CCC[C@H]1C(=O)N[C@@H](Cc1ccccc1)C(=O)O. The van der Waals surface area contributed by atoms with Crippen LogP contribution in [0.25, 0.3) is 0 Å². The molecular formula is C82H139N31O17S. The molecular weight excluding hydrogens is 1720 g/mol. The number of hydrogen-bond donors (Lipinski definition) is 29. The molecule has 3 aliphatic heterocycles. The van der Waals surface area contributed by atoms with Gasteiger partial charge in [-0.1, -0.05) is 44.2 Å². The van der Waals surface area contributed by atoms with E-state index in [1.54, 1.807) is 44.2 Å². The first-order chi connectivity index (χ1) is 62.5. The van der Waals surface area contributed by atoms with Crippen molar-refractivity contribution in [2.45, 2.75) is 253 Å². The van der Waals surface area contributed by atoms with Gasteiger partial charge in [0.15, 0.2) is 23.8 Å². The molecule has 5 rings (SSSR count). The monoisotopic (exact) mass is 1860 g/mol. The Kier molecular flexibility index (Phi) is 48.7. The first-order valence-electron chi connectivity index (χ1n) is 44.5. The second-order valence-electron chi connectivity index (χ2n) is 33.0. The lowest BCUT2D eigenvalue weighted by atomic mass is 10.0. The quantitative estimate of drug-likeness (QED) is 0.0166. The average Bonchev–Trinajstić information content (AvgIpc) is 1.70. The summed E-state index contributed by atoms with van der Waals surface area (Å²) < 4.78 is 0. The minimum Gasteiger partial charge on any atom is -0.480 e. The number of carbonyl (C=O) groups is 15. The fourth-order valence-electron chi connectivity index (χ4n) is 15.3. The Morgan fingerprint density at radius 2 is 0.840 bits per heavy atom. The predicted octanol–water partition coefficient (Wildman–Crippen LogP) is -7.35. The number of likely N-dealkylation sites (tertiary alicyclic amines) is 3. The normalized spacial score (nSPS) is 17.1. The standard InChI is InChI=1S/C82H139N31O17S/c1-47(2)40-57(107-69(120)54(24-13-34-97-81(90)91)104-74(125)62-27-16-37-112(62)76(127)55(25-14-35-98-82(92)93)105-68(119)52(22-8-10-31-84)103-67(118)53(23-12-33-96-80(88)89)101-65(116)50(85)20-11-32-95-79(86)87)70(121)110-60(45-114)72(123)108-58(42-49-43-94-46-100-49)71(122)102-51(21-7-9-30-83)66(117)99-44-64(115)111-36-15-26-61(111)73(124)106-56(29-39-131-3)77(128)113-38-17-28-63(113)75(126)109-59(78(129)130)41-48-18-5-4-6-19-48/h4-6,18-19,43,46-47,50-63,114H,7-17,20-42,44-45,83-85H2,1-3H3,(H,94,100)(H,99,117)(H,101,116)(H,102,122)(H,103,118)(H,104,125)(H,105,119)(H,106,124)(H,107,120)(H,108,123)(H,109,126)(H,110,121)(H,129,130)(H4,86,87,95)(H4,88,89,96)(H4,90,91,97)(H4,92,93,98)/t50-,51-,52-,53-,54-,55-,56-,57-,58-,59-,60-,61-,62-,63-/m0/s1. The second kappa shape index (κ2) is 58.4. The summed E-state index contributed by atoms with van der Waals surface area (Å²) in [6.45, 7) is 2.80. The van der Waals surface area contributed by atoms with Crippen molar-refractivity contribution < 1.29 is 82.1 Å². The largest absolute Gasteiger partial charge is 0.480 e. The third-order valence-electron chi connectivity index (χ3n) is 22.2. The number of H-pyrrole nitrogens is 1. The summed E-state index contributed by atoms with van der Waals surface area (Å²) in [7, 11) is 0. The number of nitrogens with two attached hydrogens (primary N) is 7. The lowest BCUT2D eigenvalue weighted by molar-refractivity contribution is -0.145. The van der Waals surface area contributed by atoms with Gasteiger partial charge in [0, 0.05) is 70.5 Å². The maximum Gasteiger partial charge on any atom is 0.326 e. The number of aliphatic hydroxyl groups is 1. The molecule has 14 amide bonds. The Balaban J connectivity index is 1.31. The molecule has 3 saturated heterocycles. The van der Waals surface area contributed by atoms with Crippen molar-refractivity contribution in [2.24, 2.45) is 46.1 Å². The van der Waals surface area contributed by atoms with Crippen LogP contribution in [0.4, 0.5) is 0 Å². The molecule has 730 valence electrons. The summed E-state index contributed by atoms with van der Waals surface area (Å²) in [6.07, 6.45) is 7.69. The zero-order chi connectivity index (χ0) is 96.7. The van der Waals surface area contributed by atoms with E-state index in [1.165, 1.54) is 39.0 Å². The second-order valence-corrected chi connectivity index (χ2v) is 33.9. The number of imidazole rings is 1. The van der Waals surface area contributed by atoms with Crippen LogP contribution < -0.4 is 120 Å². The van der Waals surface area contributed by atoms with Crippen LogP contribution in [0, 0.1) is 27.6 Å². The van der Waals surface area contributed by atoms with Crippen LogP contribution in [-0.4, -0.2) is 316 Å². The van der Waals surface area contributed by atoms with Crippen molar-refractivity contribution in [2.75, 3.05) is 84.1 Å². The molecule has 3 fully saturated rings. The number of aromatic amines is 1. The summed E-state index contributed by atoms with van der Waals surface area (Å²) in [4.78, 5) is 225. The Hall–Kier alpha value is -12.3. The highest BCUT2D eigenvalue weighted by Gasteiger charge is 2.44. The lowest BCUT2D eigenvalue weighted by Crippen LogP contribution is -2.61. The van der Waals surface area contributed by atoms with Crippen LogP contribution in [0.1, 0.15) is 166 Å². The van der Waals surface area contributed by atoms with Gasteiger partial charge in [-0.15, -0.1) is 0 Å². The van der Waals surface area contributed by atoms with E-state index < -0.39 is 192 Å². The highest BCUT2D eigenvalue weighted by Crippen LogP contribution is 2.25. The number of aliphatic carboxylic acids is 1. The number of aliphatic hydroxyl groups excluding tert-OH is 1. The molecule has 1 aromatic heterocycles. The Morgan fingerprint density at radius 3 is 1.30 bits per heavy atom. The Morgan fingerprint density at radius 1 is 0.458 bits per heavy atom. The first-order valence-corrected chi connectivity index (χ1v) is 45.9. The number of aromatic nitrogens is 2. The van der Waals surface area contributed by atoms with E-state index in [9.17, 15) is 77.3 Å². The predicted molar refractivity (Wildman–Crippen MR) is 487 cm³/mol. The smallest absolute Gasteiger partial charge is 0.326 e. The van der Waals surface area contributed by atoms with Crippen molar-refractivity contribution in [3.8, 4) is 0 Å². The molecule has 0 saturated carbocycles. The number of unbranched alkanes of at least 4 members (excludes halogenated alkanes) is 2. The number of rotatable bonds is 60. The first kappa shape index (κ1) is 109. The summed E-state index contributed by atoms with van der Waals surface area (Å²) in [5.74, 6) is -13.9. The van der Waals surface area contributed by atoms with Crippen molar-refractivity contribution >= 4 is 124 Å². The van der Waals surface area contributed by atoms with Gasteiger partial charge in [0.25, 0.3) is 0 Å². The molecule has 0 unspecified atom stereocenters. The van der Waals surface area contributed by atoms with Crippen molar-refractivity contribution in [3.63, 3.8) is 0 Å². The van der Waals surface area contributed by atoms with E-state index >= 15 is 4.79 Å². The molecule has 0 bridgehead atoms. The van der Waals surface area contributed by atoms with Crippen LogP contribution in [0.3, 0.4) is 0 Å². The molecule has 3 aliphatic rings. The van der Waals surface area contributed by atoms with E-state index in [-0.39, 0.29) is 198 Å². The van der Waals surface area contributed by atoms with E-state index in [1.807, 2.05) is 6.26 Å². The van der Waals surface area contributed by atoms with Gasteiger partial charge in [-0.25, -0.2) is 9.78 Å². The minimum atomic E-state index is -1.83.